The Morgan fingerprint density at radius 3 is 2.59 bits per heavy atom. The molecule has 8 nitrogen and oxygen atoms in total. The molecule has 1 atom stereocenters. The fourth-order valence-corrected chi connectivity index (χ4v) is 4.81. The van der Waals surface area contributed by atoms with Crippen molar-refractivity contribution in [2.45, 2.75) is 26.3 Å². The number of rotatable bonds is 5. The molecule has 1 aliphatic rings. The summed E-state index contributed by atoms with van der Waals surface area (Å²) in [6.45, 7) is 2.99. The summed E-state index contributed by atoms with van der Waals surface area (Å²) in [4.78, 5) is 24.4. The van der Waals surface area contributed by atoms with Crippen molar-refractivity contribution in [3.63, 3.8) is 0 Å². The first kappa shape index (κ1) is 19.1. The average Bonchev–Trinajstić information content (AvgIpc) is 3.11. The molecular weight excluding hydrogens is 370 g/mol. The first-order chi connectivity index (χ1) is 12.8. The van der Waals surface area contributed by atoms with E-state index in [9.17, 15) is 18.0 Å². The van der Waals surface area contributed by atoms with Crippen LogP contribution in [0.25, 0.3) is 5.69 Å². The molecule has 1 aromatic heterocycles. The molecule has 0 aliphatic carbocycles. The smallest absolute Gasteiger partial charge is 0.342 e. The highest BCUT2D eigenvalue weighted by molar-refractivity contribution is 7.91. The van der Waals surface area contributed by atoms with Gasteiger partial charge in [-0.1, -0.05) is 18.2 Å². The molecule has 0 spiro atoms. The zero-order chi connectivity index (χ0) is 19.6. The number of nitrogens with zero attached hydrogens (tertiary/aromatic N) is 2. The second-order valence-corrected chi connectivity index (χ2v) is 8.77. The van der Waals surface area contributed by atoms with Gasteiger partial charge in [-0.05, 0) is 32.4 Å². The Morgan fingerprint density at radius 1 is 1.26 bits per heavy atom. The van der Waals surface area contributed by atoms with Crippen LogP contribution in [0.1, 0.15) is 28.2 Å². The van der Waals surface area contributed by atoms with E-state index >= 15 is 0 Å². The van der Waals surface area contributed by atoms with Gasteiger partial charge in [0.1, 0.15) is 5.56 Å². The summed E-state index contributed by atoms with van der Waals surface area (Å²) < 4.78 is 29.6. The van der Waals surface area contributed by atoms with Crippen molar-refractivity contribution >= 4 is 21.7 Å². The summed E-state index contributed by atoms with van der Waals surface area (Å²) in [6, 6.07) is 8.95. The van der Waals surface area contributed by atoms with Crippen LogP contribution >= 0.6 is 0 Å². The molecule has 1 aliphatic heterocycles. The molecule has 144 valence electrons. The second-order valence-electron chi connectivity index (χ2n) is 6.54. The zero-order valence-electron chi connectivity index (χ0n) is 15.1. The van der Waals surface area contributed by atoms with E-state index in [1.165, 1.54) is 0 Å². The summed E-state index contributed by atoms with van der Waals surface area (Å²) in [7, 11) is -3.08. The number of benzene rings is 1. The Kier molecular flexibility index (Phi) is 5.31. The minimum atomic E-state index is -3.08. The Morgan fingerprint density at radius 2 is 1.96 bits per heavy atom. The van der Waals surface area contributed by atoms with Gasteiger partial charge in [0.05, 0.1) is 28.6 Å². The molecule has 9 heteroatoms. The van der Waals surface area contributed by atoms with Crippen LogP contribution in [0.5, 0.6) is 0 Å². The van der Waals surface area contributed by atoms with Crippen LogP contribution < -0.4 is 5.32 Å². The number of carbonyl (C=O) groups is 2. The van der Waals surface area contributed by atoms with Crippen LogP contribution in [0.4, 0.5) is 0 Å². The largest absolute Gasteiger partial charge is 0.452 e. The third-order valence-electron chi connectivity index (χ3n) is 4.43. The molecule has 1 fully saturated rings. The van der Waals surface area contributed by atoms with Crippen LogP contribution in [0.15, 0.2) is 30.3 Å². The Balaban J connectivity index is 1.63. The van der Waals surface area contributed by atoms with E-state index in [-0.39, 0.29) is 11.5 Å². The summed E-state index contributed by atoms with van der Waals surface area (Å²) in [6.07, 6.45) is 0.379. The molecule has 0 radical (unpaired) electrons. The normalized spacial score (nSPS) is 18.2. The molecule has 3 rings (SSSR count). The van der Waals surface area contributed by atoms with Crippen molar-refractivity contribution in [2.24, 2.45) is 0 Å². The van der Waals surface area contributed by atoms with Crippen molar-refractivity contribution in [3.05, 3.63) is 47.3 Å². The van der Waals surface area contributed by atoms with E-state index in [1.54, 1.807) is 18.5 Å². The molecular formula is C18H21N3O5S. The second kappa shape index (κ2) is 7.51. The molecule has 27 heavy (non-hydrogen) atoms. The van der Waals surface area contributed by atoms with Crippen LogP contribution in [0.2, 0.25) is 0 Å². The van der Waals surface area contributed by atoms with Gasteiger partial charge in [0.15, 0.2) is 16.4 Å². The number of nitrogens with one attached hydrogen (secondary N) is 1. The van der Waals surface area contributed by atoms with Crippen molar-refractivity contribution in [2.75, 3.05) is 18.1 Å². The fourth-order valence-electron chi connectivity index (χ4n) is 3.14. The van der Waals surface area contributed by atoms with E-state index in [4.69, 9.17) is 4.74 Å². The number of hydrogen-bond donors (Lipinski definition) is 1. The predicted molar refractivity (Wildman–Crippen MR) is 98.5 cm³/mol. The number of carbonyl (C=O) groups excluding carboxylic acids is 2. The number of aryl methyl sites for hydroxylation is 1. The predicted octanol–water partition coefficient (Wildman–Crippen LogP) is 0.949. The van der Waals surface area contributed by atoms with Crippen LogP contribution in [-0.4, -0.2) is 54.2 Å². The first-order valence-electron chi connectivity index (χ1n) is 8.55. The molecule has 2 aromatic rings. The lowest BCUT2D eigenvalue weighted by molar-refractivity contribution is -0.124. The molecule has 0 unspecified atom stereocenters. The van der Waals surface area contributed by atoms with Gasteiger partial charge in [-0.3, -0.25) is 4.79 Å². The quantitative estimate of drug-likeness (QED) is 0.761. The van der Waals surface area contributed by atoms with Crippen LogP contribution in [0.3, 0.4) is 0 Å². The van der Waals surface area contributed by atoms with E-state index in [2.05, 4.69) is 10.4 Å². The van der Waals surface area contributed by atoms with E-state index in [1.807, 2.05) is 30.3 Å². The van der Waals surface area contributed by atoms with Gasteiger partial charge in [-0.25, -0.2) is 17.9 Å². The van der Waals surface area contributed by atoms with E-state index < -0.39 is 34.4 Å². The van der Waals surface area contributed by atoms with Gasteiger partial charge < -0.3 is 10.1 Å². The van der Waals surface area contributed by atoms with Gasteiger partial charge in [-0.15, -0.1) is 0 Å². The van der Waals surface area contributed by atoms with Gasteiger partial charge in [0.25, 0.3) is 5.91 Å². The van der Waals surface area contributed by atoms with Crippen molar-refractivity contribution in [1.82, 2.24) is 15.1 Å². The number of esters is 1. The monoisotopic (exact) mass is 391 g/mol. The van der Waals surface area contributed by atoms with Crippen molar-refractivity contribution in [3.8, 4) is 5.69 Å². The minimum Gasteiger partial charge on any atom is -0.452 e. The Labute approximate surface area is 157 Å². The third-order valence-corrected chi connectivity index (χ3v) is 6.20. The molecule has 0 bridgehead atoms. The number of hydrogen-bond acceptors (Lipinski definition) is 6. The summed E-state index contributed by atoms with van der Waals surface area (Å²) in [5.41, 5.74) is 2.25. The number of amides is 1. The zero-order valence-corrected chi connectivity index (χ0v) is 16.0. The summed E-state index contributed by atoms with van der Waals surface area (Å²) in [5.74, 6) is -1.17. The van der Waals surface area contributed by atoms with E-state index in [0.29, 0.717) is 23.4 Å². The van der Waals surface area contributed by atoms with E-state index in [0.717, 1.165) is 5.69 Å². The van der Waals surface area contributed by atoms with Crippen LogP contribution in [0, 0.1) is 13.8 Å². The molecule has 1 aromatic carbocycles. The fraction of sp³-hybridized carbons (Fsp3) is 0.389. The molecule has 1 saturated heterocycles. The lowest BCUT2D eigenvalue weighted by Crippen LogP contribution is -2.38. The maximum Gasteiger partial charge on any atom is 0.342 e. The average molecular weight is 391 g/mol. The topological polar surface area (TPSA) is 107 Å². The Hall–Kier alpha value is -2.68. The van der Waals surface area contributed by atoms with Gasteiger partial charge in [0.2, 0.25) is 0 Å². The van der Waals surface area contributed by atoms with Crippen LogP contribution in [-0.2, 0) is 19.4 Å². The molecule has 1 amide bonds. The third kappa shape index (κ3) is 4.36. The lowest BCUT2D eigenvalue weighted by atomic mass is 10.2. The highest BCUT2D eigenvalue weighted by atomic mass is 32.2. The van der Waals surface area contributed by atoms with Crippen molar-refractivity contribution < 1.29 is 22.7 Å². The Bertz CT molecular complexity index is 966. The highest BCUT2D eigenvalue weighted by Crippen LogP contribution is 2.18. The maximum atomic E-state index is 12.4. The van der Waals surface area contributed by atoms with Gasteiger partial charge in [-0.2, -0.15) is 5.10 Å². The molecule has 0 saturated carbocycles. The maximum absolute atomic E-state index is 12.4. The van der Waals surface area contributed by atoms with Gasteiger partial charge >= 0.3 is 5.97 Å². The highest BCUT2D eigenvalue weighted by Gasteiger charge is 2.29. The summed E-state index contributed by atoms with van der Waals surface area (Å²) in [5, 5.41) is 6.96. The summed E-state index contributed by atoms with van der Waals surface area (Å²) >= 11 is 0. The number of sulfone groups is 1. The molecule has 2 heterocycles. The SMILES string of the molecule is Cc1nn(-c2ccccc2)c(C)c1C(=O)OCC(=O)N[C@H]1CCS(=O)(=O)C1. The molecule has 1 N–H and O–H groups in total. The van der Waals surface area contributed by atoms with Crippen molar-refractivity contribution in [1.29, 1.82) is 0 Å². The number of para-hydroxylation sites is 1. The number of ether oxygens (including phenoxy) is 1. The first-order valence-corrected chi connectivity index (χ1v) is 10.4. The minimum absolute atomic E-state index is 0.0643. The standard InChI is InChI=1S/C18H21N3O5S/c1-12-17(13(2)21(20-12)15-6-4-3-5-7-15)18(23)26-10-16(22)19-14-8-9-27(24,25)11-14/h3-7,14H,8-11H2,1-2H3,(H,19,22)/t14-/m0/s1. The number of aromatic nitrogens is 2. The lowest BCUT2D eigenvalue weighted by Gasteiger charge is -2.11. The van der Waals surface area contributed by atoms with Gasteiger partial charge in [0, 0.05) is 6.04 Å².